The molecule has 6 heteroatoms. The van der Waals surface area contributed by atoms with E-state index in [1.165, 1.54) is 16.2 Å². The number of rotatable bonds is 4. The lowest BCUT2D eigenvalue weighted by Crippen LogP contribution is -2.18. The number of amides is 2. The molecule has 0 saturated heterocycles. The summed E-state index contributed by atoms with van der Waals surface area (Å²) in [6.07, 6.45) is 4.06. The Kier molecular flexibility index (Phi) is 5.09. The molecule has 1 aliphatic rings. The molecule has 4 nitrogen and oxygen atoms in total. The highest BCUT2D eigenvalue weighted by atomic mass is 32.1. The Morgan fingerprint density at radius 1 is 1.00 bits per heavy atom. The molecular formula is C21H20N2O2S2. The van der Waals surface area contributed by atoms with E-state index in [1.54, 1.807) is 17.4 Å². The number of carbonyl (C=O) groups is 2. The van der Waals surface area contributed by atoms with Crippen molar-refractivity contribution < 1.29 is 9.59 Å². The Hall–Kier alpha value is -2.44. The molecule has 0 spiro atoms. The second-order valence-electron chi connectivity index (χ2n) is 6.67. The van der Waals surface area contributed by atoms with Crippen molar-refractivity contribution in [3.63, 3.8) is 0 Å². The first-order valence-corrected chi connectivity index (χ1v) is 10.7. The van der Waals surface area contributed by atoms with Gasteiger partial charge in [0.05, 0.1) is 10.4 Å². The number of fused-ring (bicyclic) bond motifs is 1. The number of hydrogen-bond donors (Lipinski definition) is 2. The summed E-state index contributed by atoms with van der Waals surface area (Å²) in [5.41, 5.74) is 3.58. The molecule has 2 N–H and O–H groups in total. The number of aryl methyl sites for hydroxylation is 2. The number of thiophene rings is 2. The highest BCUT2D eigenvalue weighted by Gasteiger charge is 2.26. The molecule has 0 unspecified atom stereocenters. The van der Waals surface area contributed by atoms with Crippen LogP contribution < -0.4 is 10.6 Å². The van der Waals surface area contributed by atoms with Gasteiger partial charge in [-0.1, -0.05) is 18.2 Å². The minimum atomic E-state index is -0.159. The van der Waals surface area contributed by atoms with Gasteiger partial charge in [-0.05, 0) is 67.3 Å². The molecule has 138 valence electrons. The van der Waals surface area contributed by atoms with Crippen molar-refractivity contribution in [2.75, 3.05) is 10.6 Å². The van der Waals surface area contributed by atoms with Gasteiger partial charge >= 0.3 is 0 Å². The molecule has 1 aromatic carbocycles. The summed E-state index contributed by atoms with van der Waals surface area (Å²) in [4.78, 5) is 27.5. The molecule has 3 aromatic rings. The van der Waals surface area contributed by atoms with Crippen molar-refractivity contribution >= 4 is 45.2 Å². The fourth-order valence-electron chi connectivity index (χ4n) is 3.38. The molecule has 0 bridgehead atoms. The molecule has 0 fully saturated rings. The van der Waals surface area contributed by atoms with Crippen molar-refractivity contribution in [2.45, 2.75) is 32.6 Å². The average molecular weight is 397 g/mol. The number of nitrogens with one attached hydrogen (secondary N) is 2. The Morgan fingerprint density at radius 2 is 1.85 bits per heavy atom. The van der Waals surface area contributed by atoms with Crippen LogP contribution in [-0.4, -0.2) is 11.8 Å². The summed E-state index contributed by atoms with van der Waals surface area (Å²) >= 11 is 2.94. The van der Waals surface area contributed by atoms with Crippen LogP contribution in [0.15, 0.2) is 41.8 Å². The summed E-state index contributed by atoms with van der Waals surface area (Å²) in [5, 5.41) is 8.51. The number of anilines is 2. The summed E-state index contributed by atoms with van der Waals surface area (Å²) < 4.78 is 0. The van der Waals surface area contributed by atoms with Crippen molar-refractivity contribution in [2.24, 2.45) is 0 Å². The van der Waals surface area contributed by atoms with Gasteiger partial charge in [0.15, 0.2) is 0 Å². The fraction of sp³-hybridized carbons (Fsp3) is 0.238. The first-order valence-electron chi connectivity index (χ1n) is 8.99. The zero-order valence-electron chi connectivity index (χ0n) is 15.0. The van der Waals surface area contributed by atoms with Crippen LogP contribution in [0.4, 0.5) is 10.7 Å². The number of benzene rings is 1. The maximum absolute atomic E-state index is 13.1. The minimum absolute atomic E-state index is 0.151. The molecule has 4 rings (SSSR count). The molecule has 2 aromatic heterocycles. The van der Waals surface area contributed by atoms with Crippen LogP contribution in [0.5, 0.6) is 0 Å². The van der Waals surface area contributed by atoms with Gasteiger partial charge < -0.3 is 10.6 Å². The van der Waals surface area contributed by atoms with E-state index < -0.39 is 0 Å². The maximum Gasteiger partial charge on any atom is 0.266 e. The van der Waals surface area contributed by atoms with Gasteiger partial charge in [0.1, 0.15) is 5.00 Å². The zero-order valence-corrected chi connectivity index (χ0v) is 16.6. The Bertz CT molecular complexity index is 990. The van der Waals surface area contributed by atoms with Crippen molar-refractivity contribution in [1.29, 1.82) is 0 Å². The van der Waals surface area contributed by atoms with Gasteiger partial charge in [0.25, 0.3) is 11.8 Å². The van der Waals surface area contributed by atoms with E-state index in [-0.39, 0.29) is 11.8 Å². The molecule has 0 radical (unpaired) electrons. The largest absolute Gasteiger partial charge is 0.322 e. The van der Waals surface area contributed by atoms with Crippen LogP contribution in [0.1, 0.15) is 48.9 Å². The highest BCUT2D eigenvalue weighted by Crippen LogP contribution is 2.39. The monoisotopic (exact) mass is 396 g/mol. The van der Waals surface area contributed by atoms with Crippen LogP contribution in [0.2, 0.25) is 0 Å². The number of hydrogen-bond acceptors (Lipinski definition) is 4. The third-order valence-electron chi connectivity index (χ3n) is 4.65. The predicted octanol–water partition coefficient (Wildman–Crippen LogP) is 5.50. The van der Waals surface area contributed by atoms with Crippen molar-refractivity contribution in [3.05, 3.63) is 68.2 Å². The van der Waals surface area contributed by atoms with Gasteiger partial charge in [0, 0.05) is 10.6 Å². The van der Waals surface area contributed by atoms with Gasteiger partial charge in [-0.15, -0.1) is 22.7 Å². The van der Waals surface area contributed by atoms with Gasteiger partial charge in [-0.3, -0.25) is 9.59 Å². The van der Waals surface area contributed by atoms with Gasteiger partial charge in [0.2, 0.25) is 0 Å². The van der Waals surface area contributed by atoms with Crippen LogP contribution in [0.3, 0.4) is 0 Å². The second-order valence-corrected chi connectivity index (χ2v) is 8.72. The van der Waals surface area contributed by atoms with Gasteiger partial charge in [-0.25, -0.2) is 0 Å². The van der Waals surface area contributed by atoms with Crippen molar-refractivity contribution in [3.8, 4) is 0 Å². The standard InChI is InChI=1S/C21H20N2O2S2/c1-13-6-4-7-14(12-13)22-20(25)18-15-8-2-3-9-16(15)27-21(18)23-19(24)17-10-5-11-26-17/h4-7,10-12H,2-3,8-9H2,1H3,(H,22,25)(H,23,24). The first-order chi connectivity index (χ1) is 13.1. The quantitative estimate of drug-likeness (QED) is 0.612. The molecule has 0 aliphatic heterocycles. The van der Waals surface area contributed by atoms with E-state index in [0.29, 0.717) is 15.4 Å². The normalized spacial score (nSPS) is 13.1. The minimum Gasteiger partial charge on any atom is -0.322 e. The molecule has 2 heterocycles. The van der Waals surface area contributed by atoms with Crippen LogP contribution in [-0.2, 0) is 12.8 Å². The van der Waals surface area contributed by atoms with E-state index in [2.05, 4.69) is 10.6 Å². The van der Waals surface area contributed by atoms with E-state index in [0.717, 1.165) is 42.5 Å². The highest BCUT2D eigenvalue weighted by molar-refractivity contribution is 7.17. The molecular weight excluding hydrogens is 376 g/mol. The molecule has 1 aliphatic carbocycles. The van der Waals surface area contributed by atoms with Crippen molar-refractivity contribution in [1.82, 2.24) is 0 Å². The average Bonchev–Trinajstić information content (AvgIpc) is 3.29. The van der Waals surface area contributed by atoms with E-state index in [9.17, 15) is 9.59 Å². The smallest absolute Gasteiger partial charge is 0.266 e. The third kappa shape index (κ3) is 3.82. The fourth-order valence-corrected chi connectivity index (χ4v) is 5.28. The molecule has 27 heavy (non-hydrogen) atoms. The molecule has 0 saturated carbocycles. The lowest BCUT2D eigenvalue weighted by molar-refractivity contribution is 0.102. The Labute approximate surface area is 166 Å². The first kappa shape index (κ1) is 17.9. The van der Waals surface area contributed by atoms with E-state index in [4.69, 9.17) is 0 Å². The number of carbonyl (C=O) groups excluding carboxylic acids is 2. The lowest BCUT2D eigenvalue weighted by Gasteiger charge is -2.13. The summed E-state index contributed by atoms with van der Waals surface area (Å²) in [7, 11) is 0. The Balaban J connectivity index is 1.66. The summed E-state index contributed by atoms with van der Waals surface area (Å²) in [5.74, 6) is -0.310. The third-order valence-corrected chi connectivity index (χ3v) is 6.72. The van der Waals surface area contributed by atoms with Crippen LogP contribution in [0, 0.1) is 6.92 Å². The second kappa shape index (κ2) is 7.66. The summed E-state index contributed by atoms with van der Waals surface area (Å²) in [6, 6.07) is 11.4. The Morgan fingerprint density at radius 3 is 2.63 bits per heavy atom. The van der Waals surface area contributed by atoms with Crippen LogP contribution in [0.25, 0.3) is 0 Å². The van der Waals surface area contributed by atoms with Gasteiger partial charge in [-0.2, -0.15) is 0 Å². The molecule has 2 amide bonds. The SMILES string of the molecule is Cc1cccc(NC(=O)c2c(NC(=O)c3cccs3)sc3c2CCCC3)c1. The van der Waals surface area contributed by atoms with E-state index in [1.807, 2.05) is 42.6 Å². The topological polar surface area (TPSA) is 58.2 Å². The predicted molar refractivity (Wildman–Crippen MR) is 112 cm³/mol. The summed E-state index contributed by atoms with van der Waals surface area (Å²) in [6.45, 7) is 1.99. The lowest BCUT2D eigenvalue weighted by atomic mass is 9.95. The van der Waals surface area contributed by atoms with Crippen LogP contribution >= 0.6 is 22.7 Å². The molecule has 0 atom stereocenters. The van der Waals surface area contributed by atoms with E-state index >= 15 is 0 Å². The maximum atomic E-state index is 13.1. The zero-order chi connectivity index (χ0) is 18.8.